The van der Waals surface area contributed by atoms with Gasteiger partial charge < -0.3 is 14.2 Å². The van der Waals surface area contributed by atoms with Gasteiger partial charge in [-0.25, -0.2) is 8.42 Å². The molecule has 0 amide bonds. The topological polar surface area (TPSA) is 65.1 Å². The normalized spacial score (nSPS) is 13.5. The lowest BCUT2D eigenvalue weighted by Gasteiger charge is -2.29. The Labute approximate surface area is 192 Å². The van der Waals surface area contributed by atoms with Crippen LogP contribution in [0.25, 0.3) is 0 Å². The fourth-order valence-electron chi connectivity index (χ4n) is 3.47. The molecule has 0 heterocycles. The second-order valence-corrected chi connectivity index (χ2v) is 9.99. The van der Waals surface area contributed by atoms with E-state index in [4.69, 9.17) is 14.2 Å². The number of hydrogen-bond acceptors (Lipinski definition) is 5. The van der Waals surface area contributed by atoms with Gasteiger partial charge in [-0.05, 0) is 61.6 Å². The average Bonchev–Trinajstić information content (AvgIpc) is 2.81. The Morgan fingerprint density at radius 3 is 1.75 bits per heavy atom. The minimum atomic E-state index is -3.63. The third kappa shape index (κ3) is 7.36. The van der Waals surface area contributed by atoms with Crippen LogP contribution in [0.15, 0.2) is 61.2 Å². The van der Waals surface area contributed by atoms with E-state index in [2.05, 4.69) is 6.58 Å². The molecule has 2 rings (SSSR count). The molecule has 2 aromatic carbocycles. The van der Waals surface area contributed by atoms with Crippen LogP contribution in [0.2, 0.25) is 0 Å². The van der Waals surface area contributed by atoms with Crippen molar-refractivity contribution in [2.45, 2.75) is 50.6 Å². The van der Waals surface area contributed by atoms with Crippen LogP contribution in [0.3, 0.4) is 0 Å². The molecule has 32 heavy (non-hydrogen) atoms. The fraction of sp³-hybridized carbons (Fsp3) is 0.440. The van der Waals surface area contributed by atoms with Crippen LogP contribution in [0.4, 0.5) is 0 Å². The van der Waals surface area contributed by atoms with E-state index < -0.39 is 15.3 Å². The van der Waals surface area contributed by atoms with Crippen LogP contribution in [0.5, 0.6) is 11.5 Å². The standard InChI is InChI=1S/C25H35NO5S/c1-6-7-8-25(17-20(2)29-3)32(27,28)26(18-21-9-13-23(30-4)14-10-21)19-22-11-15-24(31-5)16-12-22/h6,9-16,20,25H,1,7-8,17-19H2,2-5H3/t20-,25-/m1/s1. The molecular weight excluding hydrogens is 426 g/mol. The maximum atomic E-state index is 13.8. The Kier molecular flexibility index (Phi) is 10.2. The molecule has 7 heteroatoms. The van der Waals surface area contributed by atoms with Crippen LogP contribution in [0, 0.1) is 0 Å². The largest absolute Gasteiger partial charge is 0.497 e. The molecule has 0 unspecified atom stereocenters. The summed E-state index contributed by atoms with van der Waals surface area (Å²) in [6.45, 7) is 6.20. The first-order valence-corrected chi connectivity index (χ1v) is 12.2. The highest BCUT2D eigenvalue weighted by Crippen LogP contribution is 2.25. The van der Waals surface area contributed by atoms with Crippen LogP contribution in [-0.2, 0) is 27.8 Å². The highest BCUT2D eigenvalue weighted by atomic mass is 32.2. The monoisotopic (exact) mass is 461 g/mol. The Morgan fingerprint density at radius 2 is 1.38 bits per heavy atom. The minimum Gasteiger partial charge on any atom is -0.497 e. The van der Waals surface area contributed by atoms with Crippen molar-refractivity contribution in [1.82, 2.24) is 4.31 Å². The molecule has 2 atom stereocenters. The van der Waals surface area contributed by atoms with Gasteiger partial charge in [0, 0.05) is 20.2 Å². The summed E-state index contributed by atoms with van der Waals surface area (Å²) < 4.78 is 45.1. The third-order valence-electron chi connectivity index (χ3n) is 5.51. The van der Waals surface area contributed by atoms with Crippen LogP contribution >= 0.6 is 0 Å². The van der Waals surface area contributed by atoms with E-state index in [-0.39, 0.29) is 19.2 Å². The van der Waals surface area contributed by atoms with Crippen molar-refractivity contribution in [1.29, 1.82) is 0 Å². The first-order valence-electron chi connectivity index (χ1n) is 10.7. The maximum Gasteiger partial charge on any atom is 0.217 e. The maximum absolute atomic E-state index is 13.8. The smallest absolute Gasteiger partial charge is 0.217 e. The van der Waals surface area contributed by atoms with Gasteiger partial charge in [0.05, 0.1) is 25.6 Å². The number of benzene rings is 2. The first kappa shape index (κ1) is 25.9. The SMILES string of the molecule is C=CCC[C@H](C[C@@H](C)OC)S(=O)(=O)N(Cc1ccc(OC)cc1)Cc1ccc(OC)cc1. The molecule has 0 N–H and O–H groups in total. The highest BCUT2D eigenvalue weighted by Gasteiger charge is 2.33. The van der Waals surface area contributed by atoms with Crippen molar-refractivity contribution in [3.63, 3.8) is 0 Å². The summed E-state index contributed by atoms with van der Waals surface area (Å²) in [6.07, 6.45) is 3.15. The molecule has 0 saturated heterocycles. The Morgan fingerprint density at radius 1 is 0.906 bits per heavy atom. The molecule has 176 valence electrons. The number of nitrogens with zero attached hydrogens (tertiary/aromatic N) is 1. The van der Waals surface area contributed by atoms with Gasteiger partial charge in [0.25, 0.3) is 0 Å². The minimum absolute atomic E-state index is 0.164. The van der Waals surface area contributed by atoms with Crippen molar-refractivity contribution in [2.75, 3.05) is 21.3 Å². The molecule has 0 radical (unpaired) electrons. The molecule has 0 aliphatic carbocycles. The lowest BCUT2D eigenvalue weighted by atomic mass is 10.1. The van der Waals surface area contributed by atoms with Crippen molar-refractivity contribution < 1.29 is 22.6 Å². The molecule has 2 aromatic rings. The van der Waals surface area contributed by atoms with Gasteiger partial charge in [0.1, 0.15) is 11.5 Å². The lowest BCUT2D eigenvalue weighted by Crippen LogP contribution is -2.39. The number of methoxy groups -OCH3 is 3. The van der Waals surface area contributed by atoms with Gasteiger partial charge in [-0.15, -0.1) is 6.58 Å². The predicted octanol–water partition coefficient (Wildman–Crippen LogP) is 4.80. The van der Waals surface area contributed by atoms with E-state index in [0.717, 1.165) is 22.6 Å². The van der Waals surface area contributed by atoms with Gasteiger partial charge in [0.15, 0.2) is 0 Å². The molecule has 0 spiro atoms. The molecule has 0 aliphatic heterocycles. The molecule has 0 bridgehead atoms. The van der Waals surface area contributed by atoms with Gasteiger partial charge in [-0.3, -0.25) is 0 Å². The lowest BCUT2D eigenvalue weighted by molar-refractivity contribution is 0.108. The summed E-state index contributed by atoms with van der Waals surface area (Å²) in [7, 11) is 1.20. The van der Waals surface area contributed by atoms with Crippen molar-refractivity contribution >= 4 is 10.0 Å². The van der Waals surface area contributed by atoms with Gasteiger partial charge in [-0.2, -0.15) is 4.31 Å². The summed E-state index contributed by atoms with van der Waals surface area (Å²) in [5.41, 5.74) is 1.79. The van der Waals surface area contributed by atoms with Crippen molar-refractivity contribution in [3.8, 4) is 11.5 Å². The predicted molar refractivity (Wildman–Crippen MR) is 128 cm³/mol. The first-order chi connectivity index (χ1) is 15.3. The molecule has 0 saturated carbocycles. The average molecular weight is 462 g/mol. The zero-order valence-electron chi connectivity index (χ0n) is 19.5. The van der Waals surface area contributed by atoms with Gasteiger partial charge >= 0.3 is 0 Å². The third-order valence-corrected chi connectivity index (χ3v) is 7.76. The molecular formula is C25H35NO5S. The van der Waals surface area contributed by atoms with E-state index in [0.29, 0.717) is 19.3 Å². The van der Waals surface area contributed by atoms with E-state index >= 15 is 0 Å². The Hall–Kier alpha value is -2.35. The van der Waals surface area contributed by atoms with Gasteiger partial charge in [-0.1, -0.05) is 30.3 Å². The van der Waals surface area contributed by atoms with E-state index in [1.54, 1.807) is 31.7 Å². The molecule has 0 aromatic heterocycles. The molecule has 6 nitrogen and oxygen atoms in total. The summed E-state index contributed by atoms with van der Waals surface area (Å²) in [5.74, 6) is 1.46. The quantitative estimate of drug-likeness (QED) is 0.378. The zero-order chi connectivity index (χ0) is 23.6. The molecule has 0 aliphatic rings. The summed E-state index contributed by atoms with van der Waals surface area (Å²) >= 11 is 0. The summed E-state index contributed by atoms with van der Waals surface area (Å²) in [5, 5.41) is -0.563. The van der Waals surface area contributed by atoms with Crippen molar-refractivity contribution in [3.05, 3.63) is 72.3 Å². The van der Waals surface area contributed by atoms with E-state index in [9.17, 15) is 8.42 Å². The van der Waals surface area contributed by atoms with Crippen LogP contribution in [-0.4, -0.2) is 45.4 Å². The fourth-order valence-corrected chi connectivity index (χ4v) is 5.50. The highest BCUT2D eigenvalue weighted by molar-refractivity contribution is 7.89. The summed E-state index contributed by atoms with van der Waals surface area (Å²) in [6, 6.07) is 15.0. The number of hydrogen-bond donors (Lipinski definition) is 0. The van der Waals surface area contributed by atoms with E-state index in [1.807, 2.05) is 55.5 Å². The second-order valence-electron chi connectivity index (χ2n) is 7.78. The Bertz CT molecular complexity index is 876. The van der Waals surface area contributed by atoms with E-state index in [1.165, 1.54) is 0 Å². The number of ether oxygens (including phenoxy) is 3. The Balaban J connectivity index is 2.38. The molecule has 0 fully saturated rings. The van der Waals surface area contributed by atoms with Gasteiger partial charge in [0.2, 0.25) is 10.0 Å². The number of rotatable bonds is 14. The number of sulfonamides is 1. The van der Waals surface area contributed by atoms with Crippen LogP contribution in [0.1, 0.15) is 37.3 Å². The van der Waals surface area contributed by atoms with Crippen molar-refractivity contribution in [2.24, 2.45) is 0 Å². The number of allylic oxidation sites excluding steroid dienone is 1. The zero-order valence-corrected chi connectivity index (χ0v) is 20.3. The summed E-state index contributed by atoms with van der Waals surface area (Å²) in [4.78, 5) is 0. The van der Waals surface area contributed by atoms with Crippen LogP contribution < -0.4 is 9.47 Å². The second kappa shape index (κ2) is 12.6.